The molecule has 1 saturated heterocycles. The van der Waals surface area contributed by atoms with Crippen molar-refractivity contribution < 1.29 is 4.21 Å². The molecule has 1 fully saturated rings. The zero-order valence-corrected chi connectivity index (χ0v) is 13.8. The first kappa shape index (κ1) is 15.2. The lowest BCUT2D eigenvalue weighted by Gasteiger charge is -2.25. The molecule has 0 bridgehead atoms. The van der Waals surface area contributed by atoms with Crippen LogP contribution in [0.3, 0.4) is 0 Å². The fourth-order valence-corrected chi connectivity index (χ4v) is 3.92. The van der Waals surface area contributed by atoms with E-state index in [0.29, 0.717) is 35.3 Å². The van der Waals surface area contributed by atoms with Crippen molar-refractivity contribution in [2.45, 2.75) is 6.54 Å². The third kappa shape index (κ3) is 3.02. The molecular formula is C16H17N5O2S. The summed E-state index contributed by atoms with van der Waals surface area (Å²) in [5, 5.41) is 2.99. The van der Waals surface area contributed by atoms with Crippen molar-refractivity contribution in [3.8, 4) is 11.4 Å². The highest BCUT2D eigenvalue weighted by molar-refractivity contribution is 7.85. The average Bonchev–Trinajstić information content (AvgIpc) is 3.03. The molecule has 0 radical (unpaired) electrons. The Balaban J connectivity index is 1.64. The molecule has 7 nitrogen and oxygen atoms in total. The van der Waals surface area contributed by atoms with E-state index in [2.05, 4.69) is 20.0 Å². The number of fused-ring (bicyclic) bond motifs is 1. The van der Waals surface area contributed by atoms with Crippen LogP contribution in [0.4, 0.5) is 0 Å². The van der Waals surface area contributed by atoms with Gasteiger partial charge < -0.3 is 0 Å². The lowest BCUT2D eigenvalue weighted by molar-refractivity contribution is 0.288. The van der Waals surface area contributed by atoms with Crippen molar-refractivity contribution in [3.05, 3.63) is 52.4 Å². The van der Waals surface area contributed by atoms with E-state index in [4.69, 9.17) is 0 Å². The summed E-state index contributed by atoms with van der Waals surface area (Å²) in [6.45, 7) is 2.11. The number of hydrogen-bond donors (Lipinski definition) is 1. The highest BCUT2D eigenvalue weighted by atomic mass is 32.2. The molecule has 1 aromatic carbocycles. The third-order valence-corrected chi connectivity index (χ3v) is 5.36. The third-order valence-electron chi connectivity index (χ3n) is 4.09. The summed E-state index contributed by atoms with van der Waals surface area (Å²) in [6.07, 6.45) is 0. The Morgan fingerprint density at radius 1 is 1.12 bits per heavy atom. The summed E-state index contributed by atoms with van der Waals surface area (Å²) in [6, 6.07) is 11.2. The van der Waals surface area contributed by atoms with Crippen LogP contribution >= 0.6 is 0 Å². The summed E-state index contributed by atoms with van der Waals surface area (Å²) in [5.74, 6) is 2.35. The van der Waals surface area contributed by atoms with Crippen molar-refractivity contribution in [1.82, 2.24) is 24.5 Å². The van der Waals surface area contributed by atoms with E-state index >= 15 is 0 Å². The zero-order valence-electron chi connectivity index (χ0n) is 13.0. The van der Waals surface area contributed by atoms with Crippen molar-refractivity contribution in [2.24, 2.45) is 0 Å². The van der Waals surface area contributed by atoms with Crippen LogP contribution in [0.2, 0.25) is 0 Å². The predicted octanol–water partition coefficient (Wildman–Crippen LogP) is 0.649. The van der Waals surface area contributed by atoms with Crippen molar-refractivity contribution in [3.63, 3.8) is 0 Å². The van der Waals surface area contributed by atoms with Crippen molar-refractivity contribution >= 4 is 16.6 Å². The van der Waals surface area contributed by atoms with Gasteiger partial charge in [0.25, 0.3) is 11.3 Å². The molecule has 1 N–H and O–H groups in total. The minimum atomic E-state index is -0.709. The van der Waals surface area contributed by atoms with Crippen LogP contribution in [0.15, 0.2) is 41.2 Å². The van der Waals surface area contributed by atoms with E-state index in [1.54, 1.807) is 0 Å². The average molecular weight is 343 g/mol. The van der Waals surface area contributed by atoms with E-state index in [1.807, 2.05) is 30.3 Å². The maximum Gasteiger partial charge on any atom is 0.274 e. The second kappa shape index (κ2) is 6.29. The van der Waals surface area contributed by atoms with E-state index in [-0.39, 0.29) is 5.56 Å². The smallest absolute Gasteiger partial charge is 0.274 e. The number of H-pyrrole nitrogens is 1. The molecule has 0 aliphatic carbocycles. The normalized spacial score (nSPS) is 16.7. The van der Waals surface area contributed by atoms with Gasteiger partial charge in [0.15, 0.2) is 5.82 Å². The molecule has 3 aromatic rings. The number of benzene rings is 1. The topological polar surface area (TPSA) is 83.4 Å². The molecule has 8 heteroatoms. The predicted molar refractivity (Wildman–Crippen MR) is 92.2 cm³/mol. The summed E-state index contributed by atoms with van der Waals surface area (Å²) < 4.78 is 12.8. The first-order valence-corrected chi connectivity index (χ1v) is 9.29. The van der Waals surface area contributed by atoms with Gasteiger partial charge in [-0.3, -0.25) is 19.0 Å². The minimum Gasteiger partial charge on any atom is -0.296 e. The van der Waals surface area contributed by atoms with Crippen LogP contribution in [-0.4, -0.2) is 53.3 Å². The van der Waals surface area contributed by atoms with Crippen LogP contribution in [0.5, 0.6) is 0 Å². The molecule has 4 rings (SSSR count). The molecule has 1 aliphatic heterocycles. The van der Waals surface area contributed by atoms with Crippen LogP contribution in [0.1, 0.15) is 5.69 Å². The number of aromatic nitrogens is 4. The molecule has 2 aromatic heterocycles. The quantitative estimate of drug-likeness (QED) is 0.755. The number of aromatic amines is 1. The SMILES string of the molecule is O=c1cc(CN2CCS(=O)CC2)nc2nc(-c3ccccc3)[nH]n12. The van der Waals surface area contributed by atoms with Gasteiger partial charge in [-0.05, 0) is 0 Å². The van der Waals surface area contributed by atoms with Gasteiger partial charge in [0.2, 0.25) is 0 Å². The molecule has 1 aliphatic rings. The van der Waals surface area contributed by atoms with E-state index in [9.17, 15) is 9.00 Å². The summed E-state index contributed by atoms with van der Waals surface area (Å²) >= 11 is 0. The minimum absolute atomic E-state index is 0.176. The Labute approximate surface area is 140 Å². The van der Waals surface area contributed by atoms with Gasteiger partial charge in [-0.25, -0.2) is 4.98 Å². The Morgan fingerprint density at radius 2 is 1.88 bits per heavy atom. The second-order valence-corrected chi connectivity index (χ2v) is 7.48. The van der Waals surface area contributed by atoms with Gasteiger partial charge in [-0.15, -0.1) is 0 Å². The van der Waals surface area contributed by atoms with Gasteiger partial charge in [-0.2, -0.15) is 9.50 Å². The summed E-state index contributed by atoms with van der Waals surface area (Å²) in [7, 11) is -0.709. The number of rotatable bonds is 3. The lowest BCUT2D eigenvalue weighted by atomic mass is 10.2. The standard InChI is InChI=1S/C16H17N5O2S/c22-14-10-13(11-20-6-8-24(23)9-7-20)17-16-18-15(19-21(14)16)12-4-2-1-3-5-12/h1-5,10H,6-9,11H2,(H,17,18,19). The largest absolute Gasteiger partial charge is 0.296 e. The highest BCUT2D eigenvalue weighted by Gasteiger charge is 2.17. The van der Waals surface area contributed by atoms with E-state index in [1.165, 1.54) is 10.6 Å². The molecule has 3 heterocycles. The number of nitrogens with zero attached hydrogens (tertiary/aromatic N) is 4. The zero-order chi connectivity index (χ0) is 16.5. The summed E-state index contributed by atoms with van der Waals surface area (Å²) in [4.78, 5) is 23.4. The van der Waals surface area contributed by atoms with E-state index in [0.717, 1.165) is 18.7 Å². The molecular weight excluding hydrogens is 326 g/mol. The van der Waals surface area contributed by atoms with Gasteiger partial charge in [-0.1, -0.05) is 30.3 Å². The van der Waals surface area contributed by atoms with Crippen LogP contribution < -0.4 is 5.56 Å². The Morgan fingerprint density at radius 3 is 2.62 bits per heavy atom. The molecule has 0 atom stereocenters. The first-order valence-electron chi connectivity index (χ1n) is 7.80. The highest BCUT2D eigenvalue weighted by Crippen LogP contribution is 2.14. The Kier molecular flexibility index (Phi) is 3.99. The van der Waals surface area contributed by atoms with Crippen LogP contribution in [0.25, 0.3) is 17.2 Å². The molecule has 0 spiro atoms. The van der Waals surface area contributed by atoms with E-state index < -0.39 is 10.8 Å². The van der Waals surface area contributed by atoms with Gasteiger partial charge >= 0.3 is 0 Å². The summed E-state index contributed by atoms with van der Waals surface area (Å²) in [5.41, 5.74) is 1.42. The monoisotopic (exact) mass is 343 g/mol. The van der Waals surface area contributed by atoms with Crippen LogP contribution in [0, 0.1) is 0 Å². The lowest BCUT2D eigenvalue weighted by Crippen LogP contribution is -2.37. The maximum atomic E-state index is 12.3. The first-order chi connectivity index (χ1) is 11.7. The molecule has 0 unspecified atom stereocenters. The Bertz CT molecular complexity index is 940. The molecule has 24 heavy (non-hydrogen) atoms. The van der Waals surface area contributed by atoms with Gasteiger partial charge in [0.05, 0.1) is 5.69 Å². The molecule has 124 valence electrons. The number of hydrogen-bond acceptors (Lipinski definition) is 5. The fraction of sp³-hybridized carbons (Fsp3) is 0.312. The van der Waals surface area contributed by atoms with Crippen molar-refractivity contribution in [1.29, 1.82) is 0 Å². The van der Waals surface area contributed by atoms with Gasteiger partial charge in [0, 0.05) is 53.6 Å². The Hall–Kier alpha value is -2.32. The molecule has 0 amide bonds. The van der Waals surface area contributed by atoms with Crippen LogP contribution in [-0.2, 0) is 17.3 Å². The fourth-order valence-electron chi connectivity index (χ4n) is 2.80. The number of nitrogens with one attached hydrogen (secondary N) is 1. The van der Waals surface area contributed by atoms with Crippen molar-refractivity contribution in [2.75, 3.05) is 24.6 Å². The molecule has 0 saturated carbocycles. The maximum absolute atomic E-state index is 12.3. The van der Waals surface area contributed by atoms with Gasteiger partial charge in [0.1, 0.15) is 0 Å². The second-order valence-electron chi connectivity index (χ2n) is 5.78.